The first-order chi connectivity index (χ1) is 15.5. The Morgan fingerprint density at radius 1 is 1.06 bits per heavy atom. The maximum Gasteiger partial charge on any atom is 0.404 e. The van der Waals surface area contributed by atoms with Crippen LogP contribution in [0.4, 0.5) is 4.79 Å². The van der Waals surface area contributed by atoms with Gasteiger partial charge in [0.25, 0.3) is 0 Å². The molecule has 0 heterocycles. The average molecular weight is 441 g/mol. The van der Waals surface area contributed by atoms with Crippen molar-refractivity contribution in [3.05, 3.63) is 65.2 Å². The molecule has 0 spiro atoms. The van der Waals surface area contributed by atoms with Crippen molar-refractivity contribution in [2.75, 3.05) is 13.7 Å². The molecule has 4 N–H and O–H groups in total. The van der Waals surface area contributed by atoms with Crippen LogP contribution < -0.4 is 15.4 Å². The van der Waals surface area contributed by atoms with Crippen LogP contribution in [0.5, 0.6) is 5.75 Å². The van der Waals surface area contributed by atoms with E-state index < -0.39 is 18.2 Å². The number of hydrogen-bond donors (Lipinski definition) is 4. The zero-order valence-corrected chi connectivity index (χ0v) is 18.9. The monoisotopic (exact) mass is 440 g/mol. The summed E-state index contributed by atoms with van der Waals surface area (Å²) < 4.78 is 5.24. The molecule has 2 aromatic carbocycles. The molecule has 1 saturated carbocycles. The summed E-state index contributed by atoms with van der Waals surface area (Å²) in [6.07, 6.45) is 6.15. The van der Waals surface area contributed by atoms with Crippen LogP contribution in [-0.4, -0.2) is 42.1 Å². The van der Waals surface area contributed by atoms with E-state index in [2.05, 4.69) is 22.8 Å². The SMILES string of the molecule is COc1cccc(CNC[C@@H](O)[C@H](Cc2cccc(CC3CCCCC3)c2)NC(=O)O)c1. The summed E-state index contributed by atoms with van der Waals surface area (Å²) in [4.78, 5) is 11.3. The fourth-order valence-corrected chi connectivity index (χ4v) is 4.59. The van der Waals surface area contributed by atoms with Crippen molar-refractivity contribution in [3.63, 3.8) is 0 Å². The number of carbonyl (C=O) groups is 1. The van der Waals surface area contributed by atoms with E-state index >= 15 is 0 Å². The standard InChI is InChI=1S/C26H36N2O4/c1-32-23-12-6-11-22(15-23)17-27-18-25(29)24(28-26(30)31)16-21-10-5-9-20(14-21)13-19-7-3-2-4-8-19/h5-6,9-12,14-15,19,24-25,27-29H,2-4,7-8,13,16-18H2,1H3,(H,30,31)/t24-,25+/m0/s1. The van der Waals surface area contributed by atoms with Gasteiger partial charge >= 0.3 is 6.09 Å². The number of methoxy groups -OCH3 is 1. The second-order valence-corrected chi connectivity index (χ2v) is 8.84. The summed E-state index contributed by atoms with van der Waals surface area (Å²) in [7, 11) is 1.63. The molecule has 6 nitrogen and oxygen atoms in total. The third-order valence-corrected chi connectivity index (χ3v) is 6.29. The second-order valence-electron chi connectivity index (χ2n) is 8.84. The minimum Gasteiger partial charge on any atom is -0.497 e. The maximum atomic E-state index is 11.3. The highest BCUT2D eigenvalue weighted by Gasteiger charge is 2.22. The lowest BCUT2D eigenvalue weighted by Crippen LogP contribution is -2.48. The van der Waals surface area contributed by atoms with Crippen LogP contribution in [0.1, 0.15) is 48.8 Å². The highest BCUT2D eigenvalue weighted by molar-refractivity contribution is 5.65. The zero-order chi connectivity index (χ0) is 22.8. The van der Waals surface area contributed by atoms with Gasteiger partial charge < -0.3 is 25.6 Å². The van der Waals surface area contributed by atoms with Crippen molar-refractivity contribution < 1.29 is 19.7 Å². The predicted octanol–water partition coefficient (Wildman–Crippen LogP) is 4.15. The molecule has 6 heteroatoms. The van der Waals surface area contributed by atoms with Crippen LogP contribution in [-0.2, 0) is 19.4 Å². The first-order valence-electron chi connectivity index (χ1n) is 11.6. The van der Waals surface area contributed by atoms with E-state index in [9.17, 15) is 15.0 Å². The van der Waals surface area contributed by atoms with Gasteiger partial charge in [-0.2, -0.15) is 0 Å². The first kappa shape index (κ1) is 24.1. The van der Waals surface area contributed by atoms with Crippen LogP contribution in [0.2, 0.25) is 0 Å². The Labute approximate surface area is 191 Å². The van der Waals surface area contributed by atoms with Gasteiger partial charge in [0.1, 0.15) is 5.75 Å². The minimum atomic E-state index is -1.12. The van der Waals surface area contributed by atoms with Gasteiger partial charge in [-0.25, -0.2) is 4.79 Å². The largest absolute Gasteiger partial charge is 0.497 e. The van der Waals surface area contributed by atoms with Crippen LogP contribution >= 0.6 is 0 Å². The number of rotatable bonds is 11. The minimum absolute atomic E-state index is 0.282. The average Bonchev–Trinajstić information content (AvgIpc) is 2.79. The Kier molecular flexibility index (Phi) is 9.38. The number of benzene rings is 2. The Morgan fingerprint density at radius 2 is 1.78 bits per heavy atom. The fraction of sp³-hybridized carbons (Fsp3) is 0.500. The zero-order valence-electron chi connectivity index (χ0n) is 18.9. The number of hydrogen-bond acceptors (Lipinski definition) is 4. The van der Waals surface area contributed by atoms with E-state index in [4.69, 9.17) is 4.74 Å². The highest BCUT2D eigenvalue weighted by Crippen LogP contribution is 2.27. The summed E-state index contributed by atoms with van der Waals surface area (Å²) in [5.41, 5.74) is 3.38. The van der Waals surface area contributed by atoms with E-state index in [1.165, 1.54) is 37.7 Å². The summed E-state index contributed by atoms with van der Waals surface area (Å²) in [6, 6.07) is 15.5. The number of aliphatic hydroxyl groups excluding tert-OH is 1. The van der Waals surface area contributed by atoms with Crippen molar-refractivity contribution in [1.29, 1.82) is 0 Å². The Bertz CT molecular complexity index is 851. The smallest absolute Gasteiger partial charge is 0.404 e. The molecular formula is C26H36N2O4. The molecular weight excluding hydrogens is 404 g/mol. The molecule has 1 fully saturated rings. The molecule has 1 aliphatic carbocycles. The third-order valence-electron chi connectivity index (χ3n) is 6.29. The Balaban J connectivity index is 1.56. The molecule has 0 radical (unpaired) electrons. The number of nitrogens with one attached hydrogen (secondary N) is 2. The van der Waals surface area contributed by atoms with Crippen molar-refractivity contribution in [1.82, 2.24) is 10.6 Å². The van der Waals surface area contributed by atoms with Crippen molar-refractivity contribution in [2.24, 2.45) is 5.92 Å². The summed E-state index contributed by atoms with van der Waals surface area (Å²) >= 11 is 0. The van der Waals surface area contributed by atoms with Crippen LogP contribution in [0.15, 0.2) is 48.5 Å². The molecule has 3 rings (SSSR count). The van der Waals surface area contributed by atoms with Gasteiger partial charge in [-0.15, -0.1) is 0 Å². The normalized spacial score (nSPS) is 16.3. The van der Waals surface area contributed by atoms with E-state index in [0.717, 1.165) is 29.2 Å². The van der Waals surface area contributed by atoms with Crippen molar-refractivity contribution in [2.45, 2.75) is 63.6 Å². The topological polar surface area (TPSA) is 90.8 Å². The predicted molar refractivity (Wildman–Crippen MR) is 126 cm³/mol. The van der Waals surface area contributed by atoms with Crippen LogP contribution in [0.25, 0.3) is 0 Å². The van der Waals surface area contributed by atoms with Gasteiger partial charge in [0.15, 0.2) is 0 Å². The van der Waals surface area contributed by atoms with Gasteiger partial charge in [0.2, 0.25) is 0 Å². The van der Waals surface area contributed by atoms with Gasteiger partial charge in [0, 0.05) is 13.1 Å². The van der Waals surface area contributed by atoms with Gasteiger partial charge in [-0.1, -0.05) is 68.5 Å². The number of carboxylic acid groups (broad SMARTS) is 1. The van der Waals surface area contributed by atoms with Gasteiger partial charge in [0.05, 0.1) is 19.3 Å². The molecule has 0 aromatic heterocycles. The molecule has 0 bridgehead atoms. The van der Waals surface area contributed by atoms with E-state index in [-0.39, 0.29) is 6.54 Å². The number of ether oxygens (including phenoxy) is 1. The van der Waals surface area contributed by atoms with E-state index in [1.54, 1.807) is 7.11 Å². The summed E-state index contributed by atoms with van der Waals surface area (Å²) in [5, 5.41) is 25.7. The first-order valence-corrected chi connectivity index (χ1v) is 11.6. The quantitative estimate of drug-likeness (QED) is 0.421. The second kappa shape index (κ2) is 12.5. The van der Waals surface area contributed by atoms with Crippen LogP contribution in [0.3, 0.4) is 0 Å². The molecule has 2 atom stereocenters. The maximum absolute atomic E-state index is 11.3. The third kappa shape index (κ3) is 7.84. The van der Waals surface area contributed by atoms with E-state index in [1.807, 2.05) is 36.4 Å². The van der Waals surface area contributed by atoms with Crippen molar-refractivity contribution in [3.8, 4) is 5.75 Å². The molecule has 0 saturated heterocycles. The lowest BCUT2D eigenvalue weighted by Gasteiger charge is -2.24. The van der Waals surface area contributed by atoms with Crippen molar-refractivity contribution >= 4 is 6.09 Å². The van der Waals surface area contributed by atoms with Crippen LogP contribution in [0, 0.1) is 5.92 Å². The molecule has 0 aliphatic heterocycles. The lowest BCUT2D eigenvalue weighted by atomic mass is 9.84. The van der Waals surface area contributed by atoms with E-state index in [0.29, 0.717) is 13.0 Å². The molecule has 0 unspecified atom stereocenters. The molecule has 32 heavy (non-hydrogen) atoms. The molecule has 2 aromatic rings. The highest BCUT2D eigenvalue weighted by atomic mass is 16.5. The summed E-state index contributed by atoms with van der Waals surface area (Å²) in [6.45, 7) is 0.842. The lowest BCUT2D eigenvalue weighted by molar-refractivity contribution is 0.117. The molecule has 174 valence electrons. The Morgan fingerprint density at radius 3 is 2.53 bits per heavy atom. The number of amides is 1. The Hall–Kier alpha value is -2.57. The summed E-state index contributed by atoms with van der Waals surface area (Å²) in [5.74, 6) is 1.53. The molecule has 1 aliphatic rings. The number of aliphatic hydroxyl groups is 1. The van der Waals surface area contributed by atoms with Gasteiger partial charge in [-0.05, 0) is 47.6 Å². The fourth-order valence-electron chi connectivity index (χ4n) is 4.59. The molecule has 1 amide bonds. The van der Waals surface area contributed by atoms with Gasteiger partial charge in [-0.3, -0.25) is 0 Å².